The highest BCUT2D eigenvalue weighted by atomic mass is 16.1. The summed E-state index contributed by atoms with van der Waals surface area (Å²) >= 11 is 0. The molecule has 1 atom stereocenters. The van der Waals surface area contributed by atoms with Crippen LogP contribution >= 0.6 is 0 Å². The van der Waals surface area contributed by atoms with Gasteiger partial charge in [0.2, 0.25) is 0 Å². The molecule has 3 aromatic rings. The van der Waals surface area contributed by atoms with Crippen LogP contribution in [0, 0.1) is 0 Å². The predicted octanol–water partition coefficient (Wildman–Crippen LogP) is 3.99. The topological polar surface area (TPSA) is 46.1 Å². The minimum Gasteiger partial charge on any atom is -0.332 e. The summed E-state index contributed by atoms with van der Waals surface area (Å²) in [5, 5.41) is 0. The van der Waals surface area contributed by atoms with Crippen molar-refractivity contribution in [3.63, 3.8) is 0 Å². The average Bonchev–Trinajstić information content (AvgIpc) is 2.74. The number of hydrogen-bond acceptors (Lipinski definition) is 4. The fraction of sp³-hybridized carbons (Fsp3) is 0.0455. The molecule has 0 fully saturated rings. The normalized spacial score (nSPS) is 16.6. The summed E-state index contributed by atoms with van der Waals surface area (Å²) in [5.74, 6) is 0. The first-order valence-electron chi connectivity index (χ1n) is 8.41. The van der Waals surface area contributed by atoms with Crippen molar-refractivity contribution in [2.75, 3.05) is 4.90 Å². The Morgan fingerprint density at radius 3 is 2.46 bits per heavy atom. The smallest absolute Gasteiger partial charge is 0.147 e. The van der Waals surface area contributed by atoms with E-state index in [4.69, 9.17) is 0 Å². The first-order valence-corrected chi connectivity index (χ1v) is 8.41. The fourth-order valence-electron chi connectivity index (χ4n) is 3.11. The van der Waals surface area contributed by atoms with E-state index in [0.717, 1.165) is 34.4 Å². The number of hydrogen-bond donors (Lipinski definition) is 0. The molecule has 0 amide bonds. The van der Waals surface area contributed by atoms with Crippen molar-refractivity contribution in [2.24, 2.45) is 0 Å². The minimum absolute atomic E-state index is 0.422. The van der Waals surface area contributed by atoms with E-state index >= 15 is 0 Å². The molecule has 0 bridgehead atoms. The Balaban J connectivity index is 1.88. The van der Waals surface area contributed by atoms with Crippen LogP contribution in [0.4, 0.5) is 5.69 Å². The molecular formula is C22H17N3O. The molecule has 0 saturated heterocycles. The summed E-state index contributed by atoms with van der Waals surface area (Å²) in [6.45, 7) is 0. The summed E-state index contributed by atoms with van der Waals surface area (Å²) < 4.78 is 0. The zero-order valence-corrected chi connectivity index (χ0v) is 14.1. The van der Waals surface area contributed by atoms with Crippen LogP contribution in [-0.2, 0) is 4.79 Å². The second kappa shape index (κ2) is 7.15. The van der Waals surface area contributed by atoms with Gasteiger partial charge < -0.3 is 9.69 Å². The molecule has 0 saturated carbocycles. The molecule has 1 aromatic carbocycles. The van der Waals surface area contributed by atoms with E-state index in [1.807, 2.05) is 77.8 Å². The van der Waals surface area contributed by atoms with Crippen LogP contribution in [-0.4, -0.2) is 22.3 Å². The number of carbonyl (C=O) groups is 1. The molecule has 0 spiro atoms. The third-order valence-electron chi connectivity index (χ3n) is 4.35. The van der Waals surface area contributed by atoms with Gasteiger partial charge in [-0.2, -0.15) is 0 Å². The number of aromatic nitrogens is 2. The van der Waals surface area contributed by atoms with Crippen molar-refractivity contribution in [3.05, 3.63) is 103 Å². The number of anilines is 1. The quantitative estimate of drug-likeness (QED) is 0.674. The molecule has 4 heteroatoms. The highest BCUT2D eigenvalue weighted by Gasteiger charge is 2.27. The van der Waals surface area contributed by atoms with Gasteiger partial charge in [-0.1, -0.05) is 36.4 Å². The number of pyridine rings is 2. The highest BCUT2D eigenvalue weighted by Crippen LogP contribution is 2.34. The molecule has 4 rings (SSSR count). The van der Waals surface area contributed by atoms with Crippen LogP contribution in [0.25, 0.3) is 11.1 Å². The van der Waals surface area contributed by atoms with Gasteiger partial charge in [-0.05, 0) is 41.5 Å². The molecule has 0 aliphatic carbocycles. The van der Waals surface area contributed by atoms with Crippen LogP contribution in [0.1, 0.15) is 11.3 Å². The minimum atomic E-state index is -0.422. The van der Waals surface area contributed by atoms with Crippen LogP contribution < -0.4 is 4.90 Å². The van der Waals surface area contributed by atoms with Crippen LogP contribution in [0.5, 0.6) is 0 Å². The second-order valence-corrected chi connectivity index (χ2v) is 5.96. The number of aldehydes is 1. The van der Waals surface area contributed by atoms with E-state index in [1.165, 1.54) is 0 Å². The molecule has 0 radical (unpaired) electrons. The SMILES string of the molecule is O=CC1C(c2ccccc2)=CC(c2ccccn2)=CN1c1cccnc1. The van der Waals surface area contributed by atoms with Crippen LogP contribution in [0.15, 0.2) is 91.5 Å². The number of benzene rings is 1. The number of nitrogens with zero attached hydrogens (tertiary/aromatic N) is 3. The zero-order valence-electron chi connectivity index (χ0n) is 14.1. The maximum absolute atomic E-state index is 12.0. The van der Waals surface area contributed by atoms with Crippen molar-refractivity contribution in [1.29, 1.82) is 0 Å². The maximum Gasteiger partial charge on any atom is 0.147 e. The van der Waals surface area contributed by atoms with Crippen molar-refractivity contribution in [1.82, 2.24) is 9.97 Å². The van der Waals surface area contributed by atoms with Gasteiger partial charge in [-0.25, -0.2) is 0 Å². The highest BCUT2D eigenvalue weighted by molar-refractivity contribution is 5.98. The monoisotopic (exact) mass is 339 g/mol. The molecule has 3 heterocycles. The molecule has 2 aromatic heterocycles. The van der Waals surface area contributed by atoms with Gasteiger partial charge in [0.05, 0.1) is 17.6 Å². The van der Waals surface area contributed by atoms with E-state index in [0.29, 0.717) is 0 Å². The fourth-order valence-corrected chi connectivity index (χ4v) is 3.11. The summed E-state index contributed by atoms with van der Waals surface area (Å²) in [5.41, 5.74) is 4.62. The van der Waals surface area contributed by atoms with Gasteiger partial charge in [-0.15, -0.1) is 0 Å². The lowest BCUT2D eigenvalue weighted by Gasteiger charge is -2.33. The predicted molar refractivity (Wildman–Crippen MR) is 103 cm³/mol. The van der Waals surface area contributed by atoms with E-state index in [1.54, 1.807) is 18.6 Å². The zero-order chi connectivity index (χ0) is 17.8. The van der Waals surface area contributed by atoms with Crippen LogP contribution in [0.2, 0.25) is 0 Å². The maximum atomic E-state index is 12.0. The Labute approximate surface area is 152 Å². The summed E-state index contributed by atoms with van der Waals surface area (Å²) in [4.78, 5) is 22.6. The summed E-state index contributed by atoms with van der Waals surface area (Å²) in [7, 11) is 0. The van der Waals surface area contributed by atoms with Gasteiger partial charge >= 0.3 is 0 Å². The Hall–Kier alpha value is -3.53. The van der Waals surface area contributed by atoms with Gasteiger partial charge in [0.1, 0.15) is 12.3 Å². The second-order valence-electron chi connectivity index (χ2n) is 5.96. The van der Waals surface area contributed by atoms with Crippen LogP contribution in [0.3, 0.4) is 0 Å². The van der Waals surface area contributed by atoms with Gasteiger partial charge in [0.25, 0.3) is 0 Å². The van der Waals surface area contributed by atoms with Crippen molar-refractivity contribution < 1.29 is 4.79 Å². The number of rotatable bonds is 4. The average molecular weight is 339 g/mol. The molecule has 0 N–H and O–H groups in total. The first kappa shape index (κ1) is 16.0. The third kappa shape index (κ3) is 3.05. The standard InChI is InChI=1S/C22H17N3O/c26-16-22-20(17-7-2-1-3-8-17)13-18(21-10-4-5-12-24-21)15-25(22)19-9-6-11-23-14-19/h1-16,22H. The number of allylic oxidation sites excluding steroid dienone is 2. The Bertz CT molecular complexity index is 950. The molecule has 1 aliphatic rings. The lowest BCUT2D eigenvalue weighted by Crippen LogP contribution is -2.35. The van der Waals surface area contributed by atoms with Gasteiger partial charge in [0, 0.05) is 24.2 Å². The summed E-state index contributed by atoms with van der Waals surface area (Å²) in [6.07, 6.45) is 10.2. The molecule has 1 unspecified atom stereocenters. The number of carbonyl (C=O) groups excluding carboxylic acids is 1. The Kier molecular flexibility index (Phi) is 4.39. The first-order chi connectivity index (χ1) is 12.9. The summed E-state index contributed by atoms with van der Waals surface area (Å²) in [6, 6.07) is 19.2. The largest absolute Gasteiger partial charge is 0.332 e. The van der Waals surface area contributed by atoms with Gasteiger partial charge in [-0.3, -0.25) is 9.97 Å². The molecule has 4 nitrogen and oxygen atoms in total. The third-order valence-corrected chi connectivity index (χ3v) is 4.35. The van der Waals surface area contributed by atoms with Crippen molar-refractivity contribution in [2.45, 2.75) is 6.04 Å². The van der Waals surface area contributed by atoms with Crippen molar-refractivity contribution >= 4 is 23.1 Å². The van der Waals surface area contributed by atoms with E-state index in [9.17, 15) is 4.79 Å². The molecular weight excluding hydrogens is 322 g/mol. The lowest BCUT2D eigenvalue weighted by atomic mass is 9.92. The van der Waals surface area contributed by atoms with E-state index in [2.05, 4.69) is 9.97 Å². The lowest BCUT2D eigenvalue weighted by molar-refractivity contribution is -0.107. The molecule has 1 aliphatic heterocycles. The van der Waals surface area contributed by atoms with Gasteiger partial charge in [0.15, 0.2) is 0 Å². The van der Waals surface area contributed by atoms with E-state index in [-0.39, 0.29) is 0 Å². The Morgan fingerprint density at radius 1 is 0.923 bits per heavy atom. The Morgan fingerprint density at radius 2 is 1.77 bits per heavy atom. The van der Waals surface area contributed by atoms with Crippen molar-refractivity contribution in [3.8, 4) is 0 Å². The molecule has 126 valence electrons. The molecule has 26 heavy (non-hydrogen) atoms. The van der Waals surface area contributed by atoms with E-state index < -0.39 is 6.04 Å².